The van der Waals surface area contributed by atoms with Crippen molar-refractivity contribution in [3.63, 3.8) is 0 Å². The molecule has 0 aliphatic heterocycles. The molecule has 1 N–H and O–H groups in total. The number of carboxylic acids is 1. The molecule has 80 valence electrons. The van der Waals surface area contributed by atoms with E-state index in [4.69, 9.17) is 16.7 Å². The standard InChI is InChI=1S/C10H8BrClO3/c1-5(11)9(13)8-6(10(14)15)3-2-4-7(8)12/h2-5H,1H3,(H,14,15). The van der Waals surface area contributed by atoms with Crippen LogP contribution in [0, 0.1) is 0 Å². The normalized spacial score (nSPS) is 12.2. The molecule has 1 aromatic carbocycles. The van der Waals surface area contributed by atoms with E-state index in [1.54, 1.807) is 6.92 Å². The molecule has 0 aliphatic carbocycles. The van der Waals surface area contributed by atoms with Gasteiger partial charge >= 0.3 is 5.97 Å². The molecule has 0 amide bonds. The van der Waals surface area contributed by atoms with Crippen LogP contribution in [0.3, 0.4) is 0 Å². The van der Waals surface area contributed by atoms with Crippen molar-refractivity contribution >= 4 is 39.3 Å². The molecule has 0 saturated carbocycles. The number of hydrogen-bond acceptors (Lipinski definition) is 2. The first-order valence-electron chi connectivity index (χ1n) is 4.15. The van der Waals surface area contributed by atoms with Gasteiger partial charge in [-0.15, -0.1) is 0 Å². The molecular weight excluding hydrogens is 283 g/mol. The quantitative estimate of drug-likeness (QED) is 0.688. The second kappa shape index (κ2) is 4.77. The first-order chi connectivity index (χ1) is 6.95. The Morgan fingerprint density at radius 2 is 2.07 bits per heavy atom. The fourth-order valence-electron chi connectivity index (χ4n) is 1.15. The summed E-state index contributed by atoms with van der Waals surface area (Å²) < 4.78 is 0. The maximum atomic E-state index is 11.7. The molecule has 0 saturated heterocycles. The first kappa shape index (κ1) is 12.2. The highest BCUT2D eigenvalue weighted by molar-refractivity contribution is 9.10. The molecule has 3 nitrogen and oxygen atoms in total. The van der Waals surface area contributed by atoms with Crippen LogP contribution >= 0.6 is 27.5 Å². The Labute approximate surface area is 100 Å². The highest BCUT2D eigenvalue weighted by Crippen LogP contribution is 2.23. The van der Waals surface area contributed by atoms with Crippen LogP contribution in [-0.4, -0.2) is 21.7 Å². The zero-order chi connectivity index (χ0) is 11.6. The summed E-state index contributed by atoms with van der Waals surface area (Å²) in [7, 11) is 0. The lowest BCUT2D eigenvalue weighted by atomic mass is 10.0. The number of carboxylic acid groups (broad SMARTS) is 1. The van der Waals surface area contributed by atoms with Crippen molar-refractivity contribution in [2.45, 2.75) is 11.8 Å². The second-order valence-corrected chi connectivity index (χ2v) is 4.73. The van der Waals surface area contributed by atoms with Crippen LogP contribution in [0.2, 0.25) is 5.02 Å². The Morgan fingerprint density at radius 1 is 1.47 bits per heavy atom. The number of carbonyl (C=O) groups is 2. The van der Waals surface area contributed by atoms with E-state index in [1.807, 2.05) is 0 Å². The third kappa shape index (κ3) is 2.58. The predicted octanol–water partition coefficient (Wildman–Crippen LogP) is 3.00. The molecule has 0 fully saturated rings. The van der Waals surface area contributed by atoms with Crippen LogP contribution in [-0.2, 0) is 0 Å². The van der Waals surface area contributed by atoms with Gasteiger partial charge in [0.15, 0.2) is 5.78 Å². The monoisotopic (exact) mass is 290 g/mol. The molecule has 5 heteroatoms. The van der Waals surface area contributed by atoms with Crippen LogP contribution in [0.5, 0.6) is 0 Å². The van der Waals surface area contributed by atoms with Crippen molar-refractivity contribution < 1.29 is 14.7 Å². The number of benzene rings is 1. The number of hydrogen-bond donors (Lipinski definition) is 1. The van der Waals surface area contributed by atoms with Gasteiger partial charge in [0, 0.05) is 0 Å². The zero-order valence-electron chi connectivity index (χ0n) is 7.83. The minimum Gasteiger partial charge on any atom is -0.478 e. The van der Waals surface area contributed by atoms with Crippen LogP contribution in [0.1, 0.15) is 27.6 Å². The van der Waals surface area contributed by atoms with Crippen LogP contribution < -0.4 is 0 Å². The third-order valence-electron chi connectivity index (χ3n) is 1.85. The van der Waals surface area contributed by atoms with E-state index in [9.17, 15) is 9.59 Å². The molecule has 1 unspecified atom stereocenters. The molecule has 0 bridgehead atoms. The Bertz CT molecular complexity index is 415. The van der Waals surface area contributed by atoms with Crippen molar-refractivity contribution in [2.75, 3.05) is 0 Å². The Balaban J connectivity index is 3.37. The van der Waals surface area contributed by atoms with Gasteiger partial charge in [-0.2, -0.15) is 0 Å². The highest BCUT2D eigenvalue weighted by Gasteiger charge is 2.22. The lowest BCUT2D eigenvalue weighted by molar-refractivity contribution is 0.0692. The van der Waals surface area contributed by atoms with Crippen molar-refractivity contribution in [1.82, 2.24) is 0 Å². The molecule has 0 aromatic heterocycles. The molecule has 1 atom stereocenters. The van der Waals surface area contributed by atoms with Gasteiger partial charge in [0.2, 0.25) is 0 Å². The molecule has 0 heterocycles. The summed E-state index contributed by atoms with van der Waals surface area (Å²) in [6, 6.07) is 4.36. The number of Topliss-reactive ketones (excluding diaryl/α,β-unsaturated/α-hetero) is 1. The molecule has 15 heavy (non-hydrogen) atoms. The number of rotatable bonds is 3. The van der Waals surface area contributed by atoms with E-state index in [2.05, 4.69) is 15.9 Å². The summed E-state index contributed by atoms with van der Waals surface area (Å²) in [5, 5.41) is 9.05. The summed E-state index contributed by atoms with van der Waals surface area (Å²) in [5.41, 5.74) is -0.0187. The van der Waals surface area contributed by atoms with Crippen molar-refractivity contribution in [2.24, 2.45) is 0 Å². The summed E-state index contributed by atoms with van der Waals surface area (Å²) in [4.78, 5) is 22.1. The predicted molar refractivity (Wildman–Crippen MR) is 61.1 cm³/mol. The lowest BCUT2D eigenvalue weighted by Gasteiger charge is -2.08. The van der Waals surface area contributed by atoms with Gasteiger partial charge in [-0.3, -0.25) is 4.79 Å². The average molecular weight is 292 g/mol. The van der Waals surface area contributed by atoms with Crippen LogP contribution in [0.25, 0.3) is 0 Å². The van der Waals surface area contributed by atoms with E-state index in [-0.39, 0.29) is 21.9 Å². The first-order valence-corrected chi connectivity index (χ1v) is 5.44. The smallest absolute Gasteiger partial charge is 0.336 e. The summed E-state index contributed by atoms with van der Waals surface area (Å²) in [6.45, 7) is 1.62. The van der Waals surface area contributed by atoms with Crippen molar-refractivity contribution in [3.8, 4) is 0 Å². The highest BCUT2D eigenvalue weighted by atomic mass is 79.9. The zero-order valence-corrected chi connectivity index (χ0v) is 10.2. The molecule has 0 radical (unpaired) electrons. The fourth-order valence-corrected chi connectivity index (χ4v) is 1.65. The van der Waals surface area contributed by atoms with E-state index in [0.29, 0.717) is 0 Å². The molecule has 0 spiro atoms. The number of halogens is 2. The van der Waals surface area contributed by atoms with Gasteiger partial charge in [0.05, 0.1) is 21.0 Å². The van der Waals surface area contributed by atoms with Crippen LogP contribution in [0.4, 0.5) is 0 Å². The van der Waals surface area contributed by atoms with Gasteiger partial charge in [-0.05, 0) is 19.1 Å². The maximum absolute atomic E-state index is 11.7. The minimum absolute atomic E-state index is 0.0519. The largest absolute Gasteiger partial charge is 0.478 e. The van der Waals surface area contributed by atoms with Gasteiger partial charge in [0.1, 0.15) is 0 Å². The number of ketones is 1. The fraction of sp³-hybridized carbons (Fsp3) is 0.200. The Kier molecular flexibility index (Phi) is 3.88. The SMILES string of the molecule is CC(Br)C(=O)c1c(Cl)cccc1C(=O)O. The molecular formula is C10H8BrClO3. The Morgan fingerprint density at radius 3 is 2.53 bits per heavy atom. The topological polar surface area (TPSA) is 54.4 Å². The van der Waals surface area contributed by atoms with Gasteiger partial charge in [-0.25, -0.2) is 4.79 Å². The van der Waals surface area contributed by atoms with E-state index in [0.717, 1.165) is 0 Å². The second-order valence-electron chi connectivity index (χ2n) is 2.95. The summed E-state index contributed by atoms with van der Waals surface area (Å²) >= 11 is 8.90. The maximum Gasteiger partial charge on any atom is 0.336 e. The minimum atomic E-state index is -1.16. The summed E-state index contributed by atoms with van der Waals surface area (Å²) in [6.07, 6.45) is 0. The van der Waals surface area contributed by atoms with Crippen molar-refractivity contribution in [3.05, 3.63) is 34.3 Å². The Hall–Kier alpha value is -0.870. The third-order valence-corrected chi connectivity index (χ3v) is 2.58. The van der Waals surface area contributed by atoms with E-state index < -0.39 is 10.8 Å². The molecule has 1 rings (SSSR count). The molecule has 1 aromatic rings. The van der Waals surface area contributed by atoms with Gasteiger partial charge < -0.3 is 5.11 Å². The van der Waals surface area contributed by atoms with Gasteiger partial charge in [-0.1, -0.05) is 33.6 Å². The van der Waals surface area contributed by atoms with Crippen molar-refractivity contribution in [1.29, 1.82) is 0 Å². The number of aromatic carboxylic acids is 1. The van der Waals surface area contributed by atoms with E-state index in [1.165, 1.54) is 18.2 Å². The van der Waals surface area contributed by atoms with Crippen LogP contribution in [0.15, 0.2) is 18.2 Å². The molecule has 0 aliphatic rings. The van der Waals surface area contributed by atoms with E-state index >= 15 is 0 Å². The van der Waals surface area contributed by atoms with Gasteiger partial charge in [0.25, 0.3) is 0 Å². The lowest BCUT2D eigenvalue weighted by Crippen LogP contribution is -2.15. The summed E-state index contributed by atoms with van der Waals surface area (Å²) in [5.74, 6) is -1.49. The number of alkyl halides is 1. The average Bonchev–Trinajstić information content (AvgIpc) is 2.16. The number of carbonyl (C=O) groups excluding carboxylic acids is 1.